The van der Waals surface area contributed by atoms with Crippen LogP contribution in [0.15, 0.2) is 60.7 Å². The van der Waals surface area contributed by atoms with E-state index in [1.807, 2.05) is 55.5 Å². The lowest BCUT2D eigenvalue weighted by molar-refractivity contribution is -0.152. The van der Waals surface area contributed by atoms with Gasteiger partial charge >= 0.3 is 5.97 Å². The molecule has 0 unspecified atom stereocenters. The van der Waals surface area contributed by atoms with Crippen LogP contribution in [0.4, 0.5) is 5.69 Å². The molecule has 0 aliphatic heterocycles. The SMILES string of the molecule is COc1ccc(C)cc1NC(=O)[C@@H](C)OC(=O)Cc1ccc2ccccc2c1. The number of hydrogen-bond donors (Lipinski definition) is 1. The number of hydrogen-bond acceptors (Lipinski definition) is 4. The van der Waals surface area contributed by atoms with Crippen molar-refractivity contribution in [3.8, 4) is 5.75 Å². The molecule has 1 N–H and O–H groups in total. The van der Waals surface area contributed by atoms with E-state index in [2.05, 4.69) is 5.32 Å². The molecule has 0 spiro atoms. The molecule has 1 atom stereocenters. The van der Waals surface area contributed by atoms with Gasteiger partial charge < -0.3 is 14.8 Å². The molecule has 0 saturated heterocycles. The van der Waals surface area contributed by atoms with E-state index in [0.717, 1.165) is 21.9 Å². The van der Waals surface area contributed by atoms with E-state index < -0.39 is 18.0 Å². The van der Waals surface area contributed by atoms with Crippen molar-refractivity contribution >= 4 is 28.3 Å². The number of carbonyl (C=O) groups is 2. The van der Waals surface area contributed by atoms with Gasteiger partial charge in [-0.15, -0.1) is 0 Å². The van der Waals surface area contributed by atoms with Crippen molar-refractivity contribution in [1.29, 1.82) is 0 Å². The van der Waals surface area contributed by atoms with Gasteiger partial charge in [0.25, 0.3) is 5.91 Å². The Morgan fingerprint density at radius 2 is 1.75 bits per heavy atom. The average molecular weight is 377 g/mol. The molecule has 0 bridgehead atoms. The van der Waals surface area contributed by atoms with Crippen LogP contribution in [0.2, 0.25) is 0 Å². The third-order valence-corrected chi connectivity index (χ3v) is 4.45. The van der Waals surface area contributed by atoms with Crippen molar-refractivity contribution in [1.82, 2.24) is 0 Å². The Balaban J connectivity index is 1.61. The van der Waals surface area contributed by atoms with Gasteiger partial charge in [-0.1, -0.05) is 48.5 Å². The number of benzene rings is 3. The molecule has 5 heteroatoms. The first kappa shape index (κ1) is 19.4. The van der Waals surface area contributed by atoms with Crippen LogP contribution >= 0.6 is 0 Å². The molecule has 0 fully saturated rings. The zero-order valence-electron chi connectivity index (χ0n) is 16.2. The van der Waals surface area contributed by atoms with Gasteiger partial charge in [0, 0.05) is 0 Å². The summed E-state index contributed by atoms with van der Waals surface area (Å²) in [6.45, 7) is 3.47. The number of anilines is 1. The van der Waals surface area contributed by atoms with E-state index in [1.54, 1.807) is 19.1 Å². The van der Waals surface area contributed by atoms with E-state index in [0.29, 0.717) is 11.4 Å². The summed E-state index contributed by atoms with van der Waals surface area (Å²) in [7, 11) is 1.54. The fraction of sp³-hybridized carbons (Fsp3) is 0.217. The first-order valence-electron chi connectivity index (χ1n) is 9.09. The van der Waals surface area contributed by atoms with Crippen LogP contribution in [0.25, 0.3) is 10.8 Å². The number of esters is 1. The Labute approximate surface area is 164 Å². The van der Waals surface area contributed by atoms with Crippen molar-refractivity contribution < 1.29 is 19.1 Å². The predicted octanol–water partition coefficient (Wildman–Crippen LogP) is 4.27. The van der Waals surface area contributed by atoms with E-state index in [-0.39, 0.29) is 6.42 Å². The summed E-state index contributed by atoms with van der Waals surface area (Å²) in [5.41, 5.74) is 2.37. The topological polar surface area (TPSA) is 64.6 Å². The molecule has 0 aromatic heterocycles. The lowest BCUT2D eigenvalue weighted by Gasteiger charge is -2.15. The zero-order chi connectivity index (χ0) is 20.1. The Morgan fingerprint density at radius 1 is 1.00 bits per heavy atom. The van der Waals surface area contributed by atoms with E-state index >= 15 is 0 Å². The van der Waals surface area contributed by atoms with Gasteiger partial charge in [0.1, 0.15) is 5.75 Å². The molecule has 3 aromatic rings. The number of aryl methyl sites for hydroxylation is 1. The maximum atomic E-state index is 12.4. The molecule has 0 aliphatic carbocycles. The number of amides is 1. The van der Waals surface area contributed by atoms with E-state index in [4.69, 9.17) is 9.47 Å². The minimum Gasteiger partial charge on any atom is -0.495 e. The fourth-order valence-electron chi connectivity index (χ4n) is 2.96. The van der Waals surface area contributed by atoms with Crippen LogP contribution in [0.1, 0.15) is 18.1 Å². The Morgan fingerprint density at radius 3 is 2.50 bits per heavy atom. The predicted molar refractivity (Wildman–Crippen MR) is 110 cm³/mol. The summed E-state index contributed by atoms with van der Waals surface area (Å²) in [6.07, 6.45) is -0.811. The van der Waals surface area contributed by atoms with Gasteiger partial charge in [-0.05, 0) is 47.9 Å². The third-order valence-electron chi connectivity index (χ3n) is 4.45. The molecular formula is C23H23NO4. The maximum absolute atomic E-state index is 12.4. The summed E-state index contributed by atoms with van der Waals surface area (Å²) in [6, 6.07) is 19.2. The number of nitrogens with one attached hydrogen (secondary N) is 1. The molecule has 0 radical (unpaired) electrons. The highest BCUT2D eigenvalue weighted by molar-refractivity contribution is 5.96. The second kappa shape index (κ2) is 8.57. The van der Waals surface area contributed by atoms with Crippen molar-refractivity contribution in [3.63, 3.8) is 0 Å². The number of rotatable bonds is 6. The molecule has 0 saturated carbocycles. The number of methoxy groups -OCH3 is 1. The van der Waals surface area contributed by atoms with Crippen molar-refractivity contribution in [3.05, 3.63) is 71.8 Å². The average Bonchev–Trinajstić information content (AvgIpc) is 2.68. The largest absolute Gasteiger partial charge is 0.495 e. The van der Waals surface area contributed by atoms with Gasteiger partial charge in [0.15, 0.2) is 6.10 Å². The summed E-state index contributed by atoms with van der Waals surface area (Å²) in [5.74, 6) is -0.307. The van der Waals surface area contributed by atoms with Gasteiger partial charge in [-0.25, -0.2) is 0 Å². The number of carbonyl (C=O) groups excluding carboxylic acids is 2. The minimum atomic E-state index is -0.918. The Hall–Kier alpha value is -3.34. The maximum Gasteiger partial charge on any atom is 0.311 e. The Kier molecular flexibility index (Phi) is 5.94. The fourth-order valence-corrected chi connectivity index (χ4v) is 2.96. The van der Waals surface area contributed by atoms with Gasteiger partial charge in [0.05, 0.1) is 19.2 Å². The van der Waals surface area contributed by atoms with Crippen LogP contribution in [0.3, 0.4) is 0 Å². The van der Waals surface area contributed by atoms with Crippen molar-refractivity contribution in [2.75, 3.05) is 12.4 Å². The second-order valence-corrected chi connectivity index (χ2v) is 6.68. The van der Waals surface area contributed by atoms with Crippen LogP contribution in [0.5, 0.6) is 5.75 Å². The normalized spacial score (nSPS) is 11.7. The van der Waals surface area contributed by atoms with E-state index in [1.165, 1.54) is 7.11 Å². The number of fused-ring (bicyclic) bond motifs is 1. The monoisotopic (exact) mass is 377 g/mol. The van der Waals surface area contributed by atoms with Crippen LogP contribution in [-0.4, -0.2) is 25.1 Å². The summed E-state index contributed by atoms with van der Waals surface area (Å²) >= 11 is 0. The molecular weight excluding hydrogens is 354 g/mol. The third kappa shape index (κ3) is 4.68. The Bertz CT molecular complexity index is 1010. The molecule has 28 heavy (non-hydrogen) atoms. The lowest BCUT2D eigenvalue weighted by atomic mass is 10.1. The second-order valence-electron chi connectivity index (χ2n) is 6.68. The minimum absolute atomic E-state index is 0.107. The molecule has 3 aromatic carbocycles. The molecule has 5 nitrogen and oxygen atoms in total. The molecule has 0 aliphatic rings. The van der Waals surface area contributed by atoms with E-state index in [9.17, 15) is 9.59 Å². The quantitative estimate of drug-likeness (QED) is 0.652. The first-order valence-corrected chi connectivity index (χ1v) is 9.09. The van der Waals surface area contributed by atoms with Crippen LogP contribution < -0.4 is 10.1 Å². The van der Waals surface area contributed by atoms with Crippen molar-refractivity contribution in [2.45, 2.75) is 26.4 Å². The van der Waals surface area contributed by atoms with Gasteiger partial charge in [0.2, 0.25) is 0 Å². The zero-order valence-corrected chi connectivity index (χ0v) is 16.2. The highest BCUT2D eigenvalue weighted by Gasteiger charge is 2.19. The summed E-state index contributed by atoms with van der Waals surface area (Å²) in [4.78, 5) is 24.7. The molecule has 0 heterocycles. The highest BCUT2D eigenvalue weighted by Crippen LogP contribution is 2.25. The summed E-state index contributed by atoms with van der Waals surface area (Å²) in [5, 5.41) is 4.93. The lowest BCUT2D eigenvalue weighted by Crippen LogP contribution is -2.30. The summed E-state index contributed by atoms with van der Waals surface area (Å²) < 4.78 is 10.6. The first-order chi connectivity index (χ1) is 13.5. The number of ether oxygens (including phenoxy) is 2. The molecule has 1 amide bonds. The molecule has 144 valence electrons. The standard InChI is InChI=1S/C23H23NO4/c1-15-8-11-21(27-3)20(12-15)24-23(26)16(2)28-22(25)14-17-9-10-18-6-4-5-7-19(18)13-17/h4-13,16H,14H2,1-3H3,(H,24,26)/t16-/m1/s1. The smallest absolute Gasteiger partial charge is 0.311 e. The molecule has 3 rings (SSSR count). The van der Waals surface area contributed by atoms with Crippen molar-refractivity contribution in [2.24, 2.45) is 0 Å². The van der Waals surface area contributed by atoms with Crippen LogP contribution in [0, 0.1) is 6.92 Å². The van der Waals surface area contributed by atoms with Gasteiger partial charge in [-0.2, -0.15) is 0 Å². The van der Waals surface area contributed by atoms with Gasteiger partial charge in [-0.3, -0.25) is 9.59 Å². The van der Waals surface area contributed by atoms with Crippen LogP contribution in [-0.2, 0) is 20.7 Å². The highest BCUT2D eigenvalue weighted by atomic mass is 16.5.